The Hall–Kier alpha value is -2.30. The maximum atomic E-state index is 13.9. The van der Waals surface area contributed by atoms with E-state index in [1.54, 1.807) is 0 Å². The molecule has 1 saturated heterocycles. The summed E-state index contributed by atoms with van der Waals surface area (Å²) in [6.45, 7) is -0.0159. The minimum Gasteiger partial charge on any atom is -0.479 e. The quantitative estimate of drug-likeness (QED) is 0.852. The number of hydrogen-bond donors (Lipinski definition) is 1. The molecule has 0 aliphatic carbocycles. The largest absolute Gasteiger partial charge is 0.479 e. The van der Waals surface area contributed by atoms with Crippen molar-refractivity contribution in [3.63, 3.8) is 0 Å². The summed E-state index contributed by atoms with van der Waals surface area (Å²) in [5.74, 6) is -1.55. The van der Waals surface area contributed by atoms with E-state index in [0.717, 1.165) is 12.1 Å². The van der Waals surface area contributed by atoms with Crippen molar-refractivity contribution >= 4 is 11.7 Å². The molecule has 1 aliphatic rings. The predicted octanol–water partition coefficient (Wildman–Crippen LogP) is 2.97. The van der Waals surface area contributed by atoms with Gasteiger partial charge >= 0.3 is 12.1 Å². The van der Waals surface area contributed by atoms with Crippen LogP contribution in [0.3, 0.4) is 0 Å². The fourth-order valence-electron chi connectivity index (χ4n) is 2.39. The van der Waals surface area contributed by atoms with E-state index in [1.807, 2.05) is 0 Å². The molecule has 1 heterocycles. The molecule has 0 bridgehead atoms. The Morgan fingerprint density at radius 2 is 1.91 bits per heavy atom. The SMILES string of the molecule is N#Cc1ccc(N2CCC(F)(C(=O)O)CC2)cc1C(F)(F)F. The second-order valence-electron chi connectivity index (χ2n) is 5.10. The second-order valence-corrected chi connectivity index (χ2v) is 5.10. The Morgan fingerprint density at radius 3 is 2.36 bits per heavy atom. The van der Waals surface area contributed by atoms with Crippen LogP contribution in [0.15, 0.2) is 18.2 Å². The van der Waals surface area contributed by atoms with Crippen molar-refractivity contribution in [1.29, 1.82) is 5.26 Å². The number of nitriles is 1. The van der Waals surface area contributed by atoms with E-state index < -0.39 is 28.9 Å². The van der Waals surface area contributed by atoms with E-state index in [9.17, 15) is 22.4 Å². The van der Waals surface area contributed by atoms with E-state index >= 15 is 0 Å². The zero-order chi connectivity index (χ0) is 16.5. The van der Waals surface area contributed by atoms with Crippen LogP contribution in [0.2, 0.25) is 0 Å². The average molecular weight is 316 g/mol. The molecule has 1 fully saturated rings. The van der Waals surface area contributed by atoms with Crippen LogP contribution < -0.4 is 4.90 Å². The van der Waals surface area contributed by atoms with Crippen LogP contribution in [0, 0.1) is 11.3 Å². The van der Waals surface area contributed by atoms with Crippen molar-refractivity contribution in [2.24, 2.45) is 0 Å². The summed E-state index contributed by atoms with van der Waals surface area (Å²) >= 11 is 0. The van der Waals surface area contributed by atoms with Crippen LogP contribution in [-0.4, -0.2) is 29.8 Å². The first kappa shape index (κ1) is 16.1. The molecule has 22 heavy (non-hydrogen) atoms. The number of alkyl halides is 4. The average Bonchev–Trinajstić information content (AvgIpc) is 2.46. The van der Waals surface area contributed by atoms with Crippen molar-refractivity contribution in [3.05, 3.63) is 29.3 Å². The normalized spacial score (nSPS) is 17.9. The number of piperidine rings is 1. The number of halogens is 4. The van der Waals surface area contributed by atoms with Gasteiger partial charge in [-0.15, -0.1) is 0 Å². The van der Waals surface area contributed by atoms with E-state index in [-0.39, 0.29) is 31.6 Å². The molecule has 2 rings (SSSR count). The molecule has 1 aromatic rings. The fourth-order valence-corrected chi connectivity index (χ4v) is 2.39. The number of nitrogens with zero attached hydrogens (tertiary/aromatic N) is 2. The van der Waals surface area contributed by atoms with Gasteiger partial charge in [0.1, 0.15) is 0 Å². The molecule has 1 aromatic carbocycles. The van der Waals surface area contributed by atoms with E-state index in [4.69, 9.17) is 10.4 Å². The highest BCUT2D eigenvalue weighted by Crippen LogP contribution is 2.36. The summed E-state index contributed by atoms with van der Waals surface area (Å²) in [5.41, 5.74) is -3.68. The third kappa shape index (κ3) is 2.98. The molecular weight excluding hydrogens is 304 g/mol. The molecule has 0 amide bonds. The summed E-state index contributed by atoms with van der Waals surface area (Å²) in [5, 5.41) is 17.5. The highest BCUT2D eigenvalue weighted by Gasteiger charge is 2.42. The number of hydrogen-bond acceptors (Lipinski definition) is 3. The standard InChI is InChI=1S/C14H12F4N2O2/c15-13(12(21)22)3-5-20(6-4-13)10-2-1-9(8-19)11(7-10)14(16,17)18/h1-2,7H,3-6H2,(H,21,22). The topological polar surface area (TPSA) is 64.3 Å². The maximum absolute atomic E-state index is 13.9. The molecule has 0 unspecified atom stereocenters. The van der Waals surface area contributed by atoms with Gasteiger partial charge in [-0.25, -0.2) is 9.18 Å². The monoisotopic (exact) mass is 316 g/mol. The number of aliphatic carboxylic acids is 1. The van der Waals surface area contributed by atoms with Crippen molar-refractivity contribution in [1.82, 2.24) is 0 Å². The first-order valence-electron chi connectivity index (χ1n) is 6.46. The highest BCUT2D eigenvalue weighted by atomic mass is 19.4. The molecule has 0 aromatic heterocycles. The van der Waals surface area contributed by atoms with Crippen LogP contribution >= 0.6 is 0 Å². The Kier molecular flexibility index (Phi) is 4.00. The second kappa shape index (κ2) is 5.48. The van der Waals surface area contributed by atoms with Crippen LogP contribution in [0.25, 0.3) is 0 Å². The number of anilines is 1. The lowest BCUT2D eigenvalue weighted by Crippen LogP contribution is -2.46. The van der Waals surface area contributed by atoms with Crippen molar-refractivity contribution in [2.75, 3.05) is 18.0 Å². The number of carboxylic acid groups (broad SMARTS) is 1. The van der Waals surface area contributed by atoms with E-state index in [0.29, 0.717) is 0 Å². The zero-order valence-corrected chi connectivity index (χ0v) is 11.3. The molecule has 8 heteroatoms. The van der Waals surface area contributed by atoms with E-state index in [2.05, 4.69) is 0 Å². The van der Waals surface area contributed by atoms with Gasteiger partial charge in [0.25, 0.3) is 0 Å². The van der Waals surface area contributed by atoms with Crippen LogP contribution in [-0.2, 0) is 11.0 Å². The van der Waals surface area contributed by atoms with Crippen LogP contribution in [0.5, 0.6) is 0 Å². The number of carboxylic acids is 1. The zero-order valence-electron chi connectivity index (χ0n) is 11.3. The van der Waals surface area contributed by atoms with Gasteiger partial charge in [0, 0.05) is 31.6 Å². The van der Waals surface area contributed by atoms with Gasteiger partial charge in [-0.1, -0.05) is 0 Å². The summed E-state index contributed by atoms with van der Waals surface area (Å²) in [6.07, 6.45) is -5.27. The van der Waals surface area contributed by atoms with E-state index in [1.165, 1.54) is 17.0 Å². The van der Waals surface area contributed by atoms with Crippen molar-refractivity contribution in [3.8, 4) is 6.07 Å². The molecule has 1 N–H and O–H groups in total. The van der Waals surface area contributed by atoms with Gasteiger partial charge in [-0.2, -0.15) is 18.4 Å². The third-order valence-corrected chi connectivity index (χ3v) is 3.73. The molecule has 0 spiro atoms. The minimum atomic E-state index is -4.66. The third-order valence-electron chi connectivity index (χ3n) is 3.73. The van der Waals surface area contributed by atoms with Gasteiger partial charge in [0.2, 0.25) is 5.67 Å². The number of benzene rings is 1. The van der Waals surface area contributed by atoms with Gasteiger partial charge in [-0.05, 0) is 18.2 Å². The smallest absolute Gasteiger partial charge is 0.417 e. The molecule has 118 valence electrons. The summed E-state index contributed by atoms with van der Waals surface area (Å²) < 4.78 is 52.6. The lowest BCUT2D eigenvalue weighted by molar-refractivity contribution is -0.152. The summed E-state index contributed by atoms with van der Waals surface area (Å²) in [6, 6.07) is 4.73. The molecule has 4 nitrogen and oxygen atoms in total. The first-order chi connectivity index (χ1) is 10.2. The molecular formula is C14H12F4N2O2. The molecule has 0 atom stereocenters. The van der Waals surface area contributed by atoms with Crippen molar-refractivity contribution in [2.45, 2.75) is 24.7 Å². The minimum absolute atomic E-state index is 0.00794. The van der Waals surface area contributed by atoms with Gasteiger partial charge < -0.3 is 10.0 Å². The lowest BCUT2D eigenvalue weighted by atomic mass is 9.93. The fraction of sp³-hybridized carbons (Fsp3) is 0.429. The van der Waals surface area contributed by atoms with Crippen LogP contribution in [0.1, 0.15) is 24.0 Å². The summed E-state index contributed by atoms with van der Waals surface area (Å²) in [7, 11) is 0. The first-order valence-corrected chi connectivity index (χ1v) is 6.46. The Labute approximate surface area is 123 Å². The van der Waals surface area contributed by atoms with Gasteiger partial charge in [0.05, 0.1) is 17.2 Å². The molecule has 0 saturated carbocycles. The van der Waals surface area contributed by atoms with Crippen LogP contribution in [0.4, 0.5) is 23.2 Å². The van der Waals surface area contributed by atoms with Crippen molar-refractivity contribution < 1.29 is 27.5 Å². The van der Waals surface area contributed by atoms with Gasteiger partial charge in [-0.3, -0.25) is 0 Å². The number of rotatable bonds is 2. The summed E-state index contributed by atoms with van der Waals surface area (Å²) in [4.78, 5) is 12.3. The maximum Gasteiger partial charge on any atom is 0.417 e. The predicted molar refractivity (Wildman–Crippen MR) is 69.1 cm³/mol. The molecule has 1 aliphatic heterocycles. The van der Waals surface area contributed by atoms with Gasteiger partial charge in [0.15, 0.2) is 0 Å². The Bertz CT molecular complexity index is 629. The molecule has 0 radical (unpaired) electrons. The number of carbonyl (C=O) groups is 1. The lowest BCUT2D eigenvalue weighted by Gasteiger charge is -2.35. The highest BCUT2D eigenvalue weighted by molar-refractivity contribution is 5.77. The Balaban J connectivity index is 2.25. The Morgan fingerprint density at radius 1 is 1.32 bits per heavy atom.